The summed E-state index contributed by atoms with van der Waals surface area (Å²) in [5, 5.41) is 104. The summed E-state index contributed by atoms with van der Waals surface area (Å²) in [6, 6.07) is 11.4. The zero-order chi connectivity index (χ0) is 108. The number of anilines is 3. The third kappa shape index (κ3) is 27.0. The Kier molecular flexibility index (Phi) is 34.8. The number of nitrogens with two attached hydrogens (primary N) is 1. The molecule has 0 saturated carbocycles. The molecule has 3 fully saturated rings. The van der Waals surface area contributed by atoms with Crippen molar-refractivity contribution in [2.75, 3.05) is 60.6 Å². The number of fused-ring (bicyclic) bond motifs is 8. The largest absolute Gasteiger partial charge is 0.508 e. The van der Waals surface area contributed by atoms with Gasteiger partial charge in [-0.3, -0.25) is 96.2 Å². The second-order valence-corrected chi connectivity index (χ2v) is 36.4. The lowest BCUT2D eigenvalue weighted by molar-refractivity contribution is -0.144. The number of benzene rings is 5. The number of hydrogen-bond donors (Lipinski definition) is 18. The van der Waals surface area contributed by atoms with Crippen LogP contribution >= 0.6 is 11.8 Å². The summed E-state index contributed by atoms with van der Waals surface area (Å²) < 4.78 is 69.1. The molecule has 54 heteroatoms. The van der Waals surface area contributed by atoms with E-state index in [-0.39, 0.29) is 166 Å². The number of carboxylic acid groups (broad SMARTS) is 4. The number of phenolic OH excluding ortho intramolecular Hbond substituents is 2. The van der Waals surface area contributed by atoms with Crippen molar-refractivity contribution in [2.45, 2.75) is 181 Å². The van der Waals surface area contributed by atoms with Gasteiger partial charge in [0.1, 0.15) is 71.0 Å². The number of nitrogens with zero attached hydrogens (tertiary/aromatic N) is 9. The maximum atomic E-state index is 14.7. The van der Waals surface area contributed by atoms with Gasteiger partial charge in [-0.15, -0.1) is 16.9 Å². The monoisotopic (exact) mass is 2090 g/mol. The van der Waals surface area contributed by atoms with E-state index in [4.69, 9.17) is 15.2 Å². The Labute approximate surface area is 843 Å². The average molecular weight is 2090 g/mol. The number of aromatic hydroxyl groups is 2. The minimum absolute atomic E-state index is 0.0101. The number of aryl methyl sites for hydroxylation is 1. The van der Waals surface area contributed by atoms with Crippen molar-refractivity contribution in [3.8, 4) is 29.1 Å². The molecule has 149 heavy (non-hydrogen) atoms. The molecule has 5 aliphatic rings. The number of ether oxygens (including phenoxy) is 2. The maximum absolute atomic E-state index is 14.7. The van der Waals surface area contributed by atoms with Crippen LogP contribution in [0.25, 0.3) is 21.8 Å². The number of para-hydroxylation sites is 2. The van der Waals surface area contributed by atoms with Crippen LogP contribution in [-0.2, 0) is 105 Å². The van der Waals surface area contributed by atoms with Gasteiger partial charge in [0.15, 0.2) is 5.60 Å². The predicted molar refractivity (Wildman–Crippen MR) is 507 cm³/mol. The van der Waals surface area contributed by atoms with E-state index in [0.717, 1.165) is 9.80 Å². The Morgan fingerprint density at radius 1 is 0.557 bits per heavy atom. The zero-order valence-corrected chi connectivity index (χ0v) is 79.3. The number of carboxylic acids is 4. The normalized spacial score (nSPS) is 16.5. The molecule has 13 rings (SSSR count). The van der Waals surface area contributed by atoms with E-state index in [1.807, 2.05) is 0 Å². The molecule has 784 valence electrons. The van der Waals surface area contributed by atoms with Gasteiger partial charge < -0.3 is 114 Å². The lowest BCUT2D eigenvalue weighted by atomic mass is 9.77. The molecule has 5 aromatic carbocycles. The third-order valence-corrected chi connectivity index (χ3v) is 25.8. The quantitative estimate of drug-likeness (QED) is 0.0112. The highest BCUT2D eigenvalue weighted by molar-refractivity contribution is 8.00. The van der Waals surface area contributed by atoms with Crippen molar-refractivity contribution in [1.29, 1.82) is 5.26 Å². The Morgan fingerprint density at radius 2 is 1.08 bits per heavy atom. The number of alkyl halides is 4. The van der Waals surface area contributed by atoms with Gasteiger partial charge in [0.25, 0.3) is 23.7 Å². The fourth-order valence-corrected chi connectivity index (χ4v) is 18.3. The maximum Gasteiger partial charge on any atom is 0.340 e. The molecule has 49 nitrogen and oxygen atoms in total. The van der Waals surface area contributed by atoms with E-state index in [9.17, 15) is 149 Å². The molecular weight excluding hydrogens is 1990 g/mol. The number of aliphatic carboxylic acids is 4. The SMILES string of the molecule is N#C[C@@H]1CC(F)(F)CN1C(=O)CNC(=O)c1ccnc2c(NC(=O)CCC(=O)NCc3cn(CCCC[C@H](NC(=O)C[C@H](NC(=O)CCC(=O)Nc4cccc5c(C(=O)NCC(=O)N6CCC(F)(F)C6)ccnc45)C(=O)O)C(=O)N[C@@H](CC(=O)O)C(=O)N[C@@H](CCCCN)C(=O)N[C@@H](CC(=O)O)C(=O)N[C@@H](CSC4CC(=O)N(c5ccc6c(c5)C(=O)OC65c6ccc(O)cc6Oc6cc(O)ccc65)C4=O)C(=O)O)nn3)cccc12. The van der Waals surface area contributed by atoms with Crippen LogP contribution in [0, 0.1) is 11.3 Å². The van der Waals surface area contributed by atoms with Crippen molar-refractivity contribution < 1.29 is 154 Å². The smallest absolute Gasteiger partial charge is 0.340 e. The van der Waals surface area contributed by atoms with Gasteiger partial charge in [-0.1, -0.05) is 35.5 Å². The summed E-state index contributed by atoms with van der Waals surface area (Å²) in [6.07, 6.45) is -4.75. The second-order valence-electron chi connectivity index (χ2n) is 35.2. The van der Waals surface area contributed by atoms with Gasteiger partial charge in [-0.05, 0) is 106 Å². The van der Waals surface area contributed by atoms with Crippen LogP contribution in [0.2, 0.25) is 0 Å². The van der Waals surface area contributed by atoms with Crippen molar-refractivity contribution >= 4 is 169 Å². The Bertz CT molecular complexity index is 6700. The highest BCUT2D eigenvalue weighted by atomic mass is 32.2. The number of carbonyl (C=O) groups is 20. The molecule has 1 unspecified atom stereocenters. The second kappa shape index (κ2) is 47.6. The van der Waals surface area contributed by atoms with Crippen molar-refractivity contribution in [2.24, 2.45) is 5.73 Å². The van der Waals surface area contributed by atoms with Gasteiger partial charge >= 0.3 is 29.8 Å². The Balaban J connectivity index is 0.637. The number of phenols is 2. The van der Waals surface area contributed by atoms with E-state index < -0.39 is 280 Å². The summed E-state index contributed by atoms with van der Waals surface area (Å²) in [7, 11) is 0. The molecule has 3 saturated heterocycles. The lowest BCUT2D eigenvalue weighted by Gasteiger charge is -2.36. The fraction of sp³-hybridized carbons (Fsp3) is 0.379. The van der Waals surface area contributed by atoms with Crippen LogP contribution < -0.4 is 73.9 Å². The predicted octanol–water partition coefficient (Wildman–Crippen LogP) is 1.68. The van der Waals surface area contributed by atoms with Crippen molar-refractivity contribution in [3.63, 3.8) is 0 Å². The Hall–Kier alpha value is -17.4. The first-order chi connectivity index (χ1) is 70.9. The van der Waals surface area contributed by atoms with Crippen molar-refractivity contribution in [1.82, 2.24) is 82.6 Å². The van der Waals surface area contributed by atoms with E-state index in [1.54, 1.807) is 6.07 Å². The third-order valence-electron chi connectivity index (χ3n) is 24.5. The first-order valence-electron chi connectivity index (χ1n) is 46.3. The number of likely N-dealkylation sites (tertiary alicyclic amines) is 2. The van der Waals surface area contributed by atoms with E-state index in [1.165, 1.54) is 126 Å². The average Bonchev–Trinajstić information content (AvgIpc) is 1.53. The van der Waals surface area contributed by atoms with E-state index in [2.05, 4.69) is 78.8 Å². The van der Waals surface area contributed by atoms with Crippen LogP contribution in [0.1, 0.15) is 156 Å². The van der Waals surface area contributed by atoms with Gasteiger partial charge in [0.05, 0.1) is 114 Å². The van der Waals surface area contributed by atoms with Gasteiger partial charge in [-0.25, -0.2) is 36.8 Å². The number of pyridine rings is 2. The van der Waals surface area contributed by atoms with Gasteiger partial charge in [-0.2, -0.15) is 5.26 Å². The van der Waals surface area contributed by atoms with Crippen LogP contribution in [0.15, 0.2) is 122 Å². The number of nitrogens with one attached hydrogen (secondary N) is 11. The van der Waals surface area contributed by atoms with Gasteiger partial charge in [0, 0.05) is 116 Å². The molecule has 5 aliphatic heterocycles. The first-order valence-corrected chi connectivity index (χ1v) is 47.3. The van der Waals surface area contributed by atoms with E-state index in [0.29, 0.717) is 16.7 Å². The van der Waals surface area contributed by atoms with Crippen LogP contribution in [0.5, 0.6) is 23.0 Å². The molecule has 8 heterocycles. The number of amides is 15. The summed E-state index contributed by atoms with van der Waals surface area (Å²) in [5.41, 5.74) is 5.02. The molecular formula is C95H97F4N21O28S. The number of halogens is 4. The molecule has 19 N–H and O–H groups in total. The number of rotatable bonds is 47. The minimum atomic E-state index is -3.29. The molecule has 0 radical (unpaired) electrons. The Morgan fingerprint density at radius 3 is 1.63 bits per heavy atom. The number of imide groups is 1. The number of unbranched alkanes of at least 4 members (excludes halogenated alkanes) is 2. The van der Waals surface area contributed by atoms with Gasteiger partial charge in [0.2, 0.25) is 76.8 Å². The molecule has 3 aromatic heterocycles. The molecule has 1 spiro atoms. The molecule has 8 atom stereocenters. The highest BCUT2D eigenvalue weighted by Crippen LogP contribution is 2.58. The van der Waals surface area contributed by atoms with Crippen LogP contribution in [-0.4, -0.2) is 288 Å². The van der Waals surface area contributed by atoms with Crippen molar-refractivity contribution in [3.05, 3.63) is 161 Å². The lowest BCUT2D eigenvalue weighted by Crippen LogP contribution is -2.59. The number of aromatic nitrogens is 5. The number of esters is 1. The molecule has 15 amide bonds. The molecule has 0 bridgehead atoms. The van der Waals surface area contributed by atoms with Crippen LogP contribution in [0.3, 0.4) is 0 Å². The minimum Gasteiger partial charge on any atom is -0.508 e. The number of thioether (sulfide) groups is 1. The topological polar surface area (TPSA) is 730 Å². The highest BCUT2D eigenvalue weighted by Gasteiger charge is 2.55. The first kappa shape index (κ1) is 109. The molecule has 8 aromatic rings. The summed E-state index contributed by atoms with van der Waals surface area (Å²) >= 11 is 0.584. The van der Waals surface area contributed by atoms with E-state index >= 15 is 0 Å². The number of carbonyl (C=O) groups excluding carboxylic acids is 16. The van der Waals surface area contributed by atoms with Crippen LogP contribution in [0.4, 0.5) is 34.6 Å². The summed E-state index contributed by atoms with van der Waals surface area (Å²) in [5.74, 6) is -30.5. The summed E-state index contributed by atoms with van der Waals surface area (Å²) in [4.78, 5) is 281. The fourth-order valence-electron chi connectivity index (χ4n) is 17.1. The zero-order valence-electron chi connectivity index (χ0n) is 78.5. The molecule has 0 aliphatic carbocycles. The number of nitriles is 1. The standard InChI is InChI=1S/C95H97F4N21O28S/c96-93(97)25-30-117(45-93)77(129)41-105-83(135)54-23-27-102-81-52(54)7-5-12-61(81)108-73(125)21-22-74(126)110-66(90(142)143)34-75(127)109-62(10-2-4-29-118-43-47(115-116-118)40-104-71(123)19-20-72(124)107-60-11-6-8-53-55(24-28-103-82(53)60)84(136)106-42-78(130)119-46-94(98,99)38-49(119)39-101)85(137)112-64(35-79(131)132)87(139)111-63(9-1-3-26-100)86(138)113-65(36-80(133)134)88(140)114-67(91(144)145)44-149-70-37-76(128)120(89(70)141)48-13-16-57-56(31-48)92(146)148-95(57)58-17-14-50(121)32-68(58)147-69-33-51(122)15-18-59(69)95/h5-8,11-18,23-24,27-28,31-33,43,49,62-67,70,121-122H,1-4,9-10,19-22,25-26,29-30,34-38,40-42,44-46,100H2,(H,104,123)(H,105,135)(H,106,136)(H,107,124)(H,108,125)(H,109,127)(H,110,126)(H,111,139)(H,112,137)(H,113,138)(H,114,140)(H,131,132)(H,133,134)(H,142,143)(H,144,145)/t49-,62-,63-,64-,65-,66-,67-,70?/m0/s1. The summed E-state index contributed by atoms with van der Waals surface area (Å²) in [6.45, 7) is -3.67. The number of hydrogen-bond acceptors (Lipinski definition) is 31.